The molecule has 88 valence electrons. The fourth-order valence-electron chi connectivity index (χ4n) is 1.88. The Morgan fingerprint density at radius 3 is 2.18 bits per heavy atom. The van der Waals surface area contributed by atoms with E-state index in [9.17, 15) is 15.3 Å². The summed E-state index contributed by atoms with van der Waals surface area (Å²) in [5.41, 5.74) is 1.69. The maximum Gasteiger partial charge on any atom is 0.164 e. The normalized spacial score (nSPS) is 10.4. The molecule has 0 saturated heterocycles. The van der Waals surface area contributed by atoms with Gasteiger partial charge in [0, 0.05) is 11.1 Å². The fraction of sp³-hybridized carbons (Fsp3) is 0.143. The standard InChI is InChI=1S/C14H14O3/c1-2-10-13(16)11(8-12(15)14(10)17)9-6-4-3-5-7-9/h3-8,15-17H,2H2,1H3. The molecule has 2 rings (SSSR count). The Morgan fingerprint density at radius 2 is 1.59 bits per heavy atom. The number of aromatic hydroxyl groups is 3. The summed E-state index contributed by atoms with van der Waals surface area (Å²) in [6.07, 6.45) is 0.450. The topological polar surface area (TPSA) is 60.7 Å². The molecule has 2 aromatic carbocycles. The third kappa shape index (κ3) is 1.91. The molecular weight excluding hydrogens is 216 g/mol. The van der Waals surface area contributed by atoms with E-state index in [4.69, 9.17) is 0 Å². The van der Waals surface area contributed by atoms with Crippen LogP contribution in [0.3, 0.4) is 0 Å². The zero-order chi connectivity index (χ0) is 12.4. The Kier molecular flexibility index (Phi) is 2.91. The van der Waals surface area contributed by atoms with Gasteiger partial charge in [-0.1, -0.05) is 37.3 Å². The highest BCUT2D eigenvalue weighted by atomic mass is 16.3. The minimum atomic E-state index is -0.246. The second kappa shape index (κ2) is 4.37. The summed E-state index contributed by atoms with van der Waals surface area (Å²) in [5.74, 6) is -0.433. The molecule has 0 radical (unpaired) electrons. The van der Waals surface area contributed by atoms with Crippen molar-refractivity contribution in [3.05, 3.63) is 42.0 Å². The van der Waals surface area contributed by atoms with Gasteiger partial charge in [-0.3, -0.25) is 0 Å². The third-order valence-corrected chi connectivity index (χ3v) is 2.79. The Balaban J connectivity index is 2.68. The number of hydrogen-bond donors (Lipinski definition) is 3. The van der Waals surface area contributed by atoms with Crippen LogP contribution in [-0.4, -0.2) is 15.3 Å². The number of rotatable bonds is 2. The molecule has 2 aromatic rings. The molecule has 0 aliphatic carbocycles. The Labute approximate surface area is 99.6 Å². The summed E-state index contributed by atoms with van der Waals surface area (Å²) in [5, 5.41) is 29.4. The highest BCUT2D eigenvalue weighted by Gasteiger charge is 2.16. The van der Waals surface area contributed by atoms with Crippen LogP contribution in [0.1, 0.15) is 12.5 Å². The molecule has 0 heterocycles. The van der Waals surface area contributed by atoms with Crippen LogP contribution in [0.2, 0.25) is 0 Å². The molecule has 0 amide bonds. The van der Waals surface area contributed by atoms with Crippen molar-refractivity contribution in [2.45, 2.75) is 13.3 Å². The van der Waals surface area contributed by atoms with Crippen molar-refractivity contribution in [3.8, 4) is 28.4 Å². The summed E-state index contributed by atoms with van der Waals surface area (Å²) in [6.45, 7) is 1.81. The van der Waals surface area contributed by atoms with Crippen LogP contribution in [0.15, 0.2) is 36.4 Å². The van der Waals surface area contributed by atoms with Crippen LogP contribution in [-0.2, 0) is 6.42 Å². The monoisotopic (exact) mass is 230 g/mol. The summed E-state index contributed by atoms with van der Waals surface area (Å²) in [6, 6.07) is 10.6. The first kappa shape index (κ1) is 11.3. The van der Waals surface area contributed by atoms with Gasteiger partial charge >= 0.3 is 0 Å². The maximum atomic E-state index is 10.1. The molecule has 3 heteroatoms. The van der Waals surface area contributed by atoms with Gasteiger partial charge in [-0.2, -0.15) is 0 Å². The average Bonchev–Trinajstić information content (AvgIpc) is 2.36. The lowest BCUT2D eigenvalue weighted by atomic mass is 9.99. The van der Waals surface area contributed by atoms with Gasteiger partial charge in [-0.25, -0.2) is 0 Å². The molecule has 0 atom stereocenters. The van der Waals surface area contributed by atoms with Crippen molar-refractivity contribution in [2.75, 3.05) is 0 Å². The van der Waals surface area contributed by atoms with Crippen molar-refractivity contribution in [1.82, 2.24) is 0 Å². The Hall–Kier alpha value is -2.16. The van der Waals surface area contributed by atoms with Crippen LogP contribution in [0.25, 0.3) is 11.1 Å². The smallest absolute Gasteiger partial charge is 0.164 e. The minimum Gasteiger partial charge on any atom is -0.507 e. The predicted molar refractivity (Wildman–Crippen MR) is 66.3 cm³/mol. The fourth-order valence-corrected chi connectivity index (χ4v) is 1.88. The van der Waals surface area contributed by atoms with Gasteiger partial charge in [0.25, 0.3) is 0 Å². The third-order valence-electron chi connectivity index (χ3n) is 2.79. The van der Waals surface area contributed by atoms with E-state index in [0.717, 1.165) is 5.56 Å². The number of phenolic OH excluding ortho intramolecular Hbond substituents is 3. The Morgan fingerprint density at radius 1 is 0.941 bits per heavy atom. The second-order valence-electron chi connectivity index (χ2n) is 3.84. The van der Waals surface area contributed by atoms with Crippen LogP contribution in [0, 0.1) is 0 Å². The summed E-state index contributed by atoms with van der Waals surface area (Å²) < 4.78 is 0. The average molecular weight is 230 g/mol. The van der Waals surface area contributed by atoms with Crippen LogP contribution in [0.5, 0.6) is 17.2 Å². The molecule has 0 aromatic heterocycles. The van der Waals surface area contributed by atoms with Crippen molar-refractivity contribution < 1.29 is 15.3 Å². The van der Waals surface area contributed by atoms with Crippen LogP contribution >= 0.6 is 0 Å². The van der Waals surface area contributed by atoms with Crippen molar-refractivity contribution in [3.63, 3.8) is 0 Å². The van der Waals surface area contributed by atoms with Gasteiger partial charge in [-0.05, 0) is 18.1 Å². The summed E-state index contributed by atoms with van der Waals surface area (Å²) in [4.78, 5) is 0. The molecule has 0 bridgehead atoms. The predicted octanol–water partition coefficient (Wildman–Crippen LogP) is 3.03. The first-order valence-electron chi connectivity index (χ1n) is 5.47. The molecular formula is C14H14O3. The lowest BCUT2D eigenvalue weighted by Gasteiger charge is -2.12. The molecule has 0 saturated carbocycles. The van der Waals surface area contributed by atoms with E-state index in [2.05, 4.69) is 0 Å². The first-order valence-corrected chi connectivity index (χ1v) is 5.47. The van der Waals surface area contributed by atoms with Gasteiger partial charge < -0.3 is 15.3 Å². The van der Waals surface area contributed by atoms with E-state index < -0.39 is 0 Å². The minimum absolute atomic E-state index is 0.0222. The first-order chi connectivity index (χ1) is 8.15. The molecule has 0 fully saturated rings. The van der Waals surface area contributed by atoms with Crippen molar-refractivity contribution >= 4 is 0 Å². The quantitative estimate of drug-likeness (QED) is 0.549. The second-order valence-corrected chi connectivity index (χ2v) is 3.84. The molecule has 0 aliphatic rings. The van der Waals surface area contributed by atoms with Crippen molar-refractivity contribution in [2.24, 2.45) is 0 Å². The van der Waals surface area contributed by atoms with Gasteiger partial charge in [-0.15, -0.1) is 0 Å². The van der Waals surface area contributed by atoms with E-state index in [1.165, 1.54) is 6.07 Å². The zero-order valence-electron chi connectivity index (χ0n) is 9.51. The Bertz CT molecular complexity index is 533. The summed E-state index contributed by atoms with van der Waals surface area (Å²) >= 11 is 0. The number of phenols is 3. The summed E-state index contributed by atoms with van der Waals surface area (Å²) in [7, 11) is 0. The van der Waals surface area contributed by atoms with Crippen molar-refractivity contribution in [1.29, 1.82) is 0 Å². The SMILES string of the molecule is CCc1c(O)c(O)cc(-c2ccccc2)c1O. The highest BCUT2D eigenvalue weighted by Crippen LogP contribution is 2.42. The van der Waals surface area contributed by atoms with Crippen LogP contribution in [0.4, 0.5) is 0 Å². The molecule has 0 aliphatic heterocycles. The van der Waals surface area contributed by atoms with E-state index in [0.29, 0.717) is 17.5 Å². The number of hydrogen-bond acceptors (Lipinski definition) is 3. The van der Waals surface area contributed by atoms with E-state index in [1.54, 1.807) is 0 Å². The maximum absolute atomic E-state index is 10.1. The zero-order valence-corrected chi connectivity index (χ0v) is 9.51. The lowest BCUT2D eigenvalue weighted by molar-refractivity contribution is 0.391. The van der Waals surface area contributed by atoms with Gasteiger partial charge in [0.05, 0.1) is 0 Å². The molecule has 3 nitrogen and oxygen atoms in total. The lowest BCUT2D eigenvalue weighted by Crippen LogP contribution is -1.88. The molecule has 17 heavy (non-hydrogen) atoms. The highest BCUT2D eigenvalue weighted by molar-refractivity contribution is 5.76. The van der Waals surface area contributed by atoms with Gasteiger partial charge in [0.2, 0.25) is 0 Å². The van der Waals surface area contributed by atoms with E-state index in [1.807, 2.05) is 37.3 Å². The van der Waals surface area contributed by atoms with E-state index >= 15 is 0 Å². The molecule has 0 spiro atoms. The largest absolute Gasteiger partial charge is 0.507 e. The van der Waals surface area contributed by atoms with Gasteiger partial charge in [0.15, 0.2) is 11.5 Å². The van der Waals surface area contributed by atoms with Crippen LogP contribution < -0.4 is 0 Å². The van der Waals surface area contributed by atoms with Gasteiger partial charge in [0.1, 0.15) is 5.75 Å². The molecule has 0 unspecified atom stereocenters. The number of benzene rings is 2. The van der Waals surface area contributed by atoms with E-state index in [-0.39, 0.29) is 17.2 Å². The molecule has 3 N–H and O–H groups in total.